The average Bonchev–Trinajstić information content (AvgIpc) is 3.50. The number of ketones is 1. The second-order valence-corrected chi connectivity index (χ2v) is 7.44. The molecule has 3 N–H and O–H groups in total. The Labute approximate surface area is 180 Å². The second kappa shape index (κ2) is 10.00. The van der Waals surface area contributed by atoms with Crippen molar-refractivity contribution in [2.45, 2.75) is 38.3 Å². The molecule has 2 atom stereocenters. The van der Waals surface area contributed by atoms with Crippen molar-refractivity contribution in [2.24, 2.45) is 11.7 Å². The van der Waals surface area contributed by atoms with E-state index in [-0.39, 0.29) is 53.7 Å². The number of ether oxygens (including phenoxy) is 1. The molecule has 0 unspecified atom stereocenters. The number of hydrogen-bond acceptors (Lipinski definition) is 4. The van der Waals surface area contributed by atoms with Crippen molar-refractivity contribution in [3.8, 4) is 5.75 Å². The number of hydrogen-bond donors (Lipinski definition) is 2. The summed E-state index contributed by atoms with van der Waals surface area (Å²) in [7, 11) is 1.36. The molecule has 8 heteroatoms. The summed E-state index contributed by atoms with van der Waals surface area (Å²) in [5.74, 6) is -1.86. The number of nitrogens with two attached hydrogens (primary N) is 1. The third kappa shape index (κ3) is 5.34. The quantitative estimate of drug-likeness (QED) is 0.581. The van der Waals surface area contributed by atoms with Gasteiger partial charge in [-0.2, -0.15) is 0 Å². The van der Waals surface area contributed by atoms with Gasteiger partial charge in [-0.1, -0.05) is 6.07 Å². The van der Waals surface area contributed by atoms with Crippen molar-refractivity contribution in [3.05, 3.63) is 64.7 Å². The monoisotopic (exact) mass is 438 g/mol. The summed E-state index contributed by atoms with van der Waals surface area (Å²) in [6.45, 7) is 1.81. The van der Waals surface area contributed by atoms with Crippen LogP contribution in [0.5, 0.6) is 5.75 Å². The van der Waals surface area contributed by atoms with Crippen LogP contribution >= 0.6 is 12.4 Å². The highest BCUT2D eigenvalue weighted by molar-refractivity contribution is 6.11. The van der Waals surface area contributed by atoms with Crippen LogP contribution in [0.4, 0.5) is 8.78 Å². The molecule has 2 aromatic rings. The number of carbonyl (C=O) groups is 2. The minimum atomic E-state index is -0.672. The number of rotatable bonds is 9. The molecule has 0 spiro atoms. The standard InChI is InChI=1S/C22H24F2N2O3.ClH/c1-12(11-18(25)27)26-21(13-3-4-13)16-9-10-17(29-2)19(20(16)24)22(28)14-5-7-15(23)8-6-14;/h5-10,12-13,21,26H,3-4,11H2,1-2H3,(H2,25,27);1H/t12-,21-;/m1./s1. The molecule has 5 nitrogen and oxygen atoms in total. The molecule has 0 radical (unpaired) electrons. The van der Waals surface area contributed by atoms with E-state index in [4.69, 9.17) is 10.5 Å². The molecule has 1 aliphatic rings. The van der Waals surface area contributed by atoms with Gasteiger partial charge in [-0.25, -0.2) is 8.78 Å². The number of carbonyl (C=O) groups excluding carboxylic acids is 2. The molecule has 3 rings (SSSR count). The van der Waals surface area contributed by atoms with Crippen molar-refractivity contribution in [1.82, 2.24) is 5.32 Å². The minimum Gasteiger partial charge on any atom is -0.496 e. The molecule has 0 aliphatic heterocycles. The molecule has 0 bridgehead atoms. The van der Waals surface area contributed by atoms with E-state index in [1.165, 1.54) is 19.2 Å². The van der Waals surface area contributed by atoms with E-state index in [9.17, 15) is 14.0 Å². The summed E-state index contributed by atoms with van der Waals surface area (Å²) in [6, 6.07) is 7.51. The van der Waals surface area contributed by atoms with Crippen LogP contribution in [0.1, 0.15) is 53.7 Å². The highest BCUT2D eigenvalue weighted by Crippen LogP contribution is 2.43. The van der Waals surface area contributed by atoms with Crippen molar-refractivity contribution >= 4 is 24.1 Å². The Balaban J connectivity index is 0.00000320. The number of amides is 1. The first-order valence-corrected chi connectivity index (χ1v) is 9.52. The number of benzene rings is 2. The van der Waals surface area contributed by atoms with Gasteiger partial charge in [-0.05, 0) is 56.0 Å². The van der Waals surface area contributed by atoms with E-state index in [0.717, 1.165) is 25.0 Å². The third-order valence-electron chi connectivity index (χ3n) is 5.09. The first-order chi connectivity index (χ1) is 13.8. The largest absolute Gasteiger partial charge is 0.496 e. The second-order valence-electron chi connectivity index (χ2n) is 7.44. The fourth-order valence-electron chi connectivity index (χ4n) is 3.52. The topological polar surface area (TPSA) is 81.4 Å². The fourth-order valence-corrected chi connectivity index (χ4v) is 3.52. The number of nitrogens with one attached hydrogen (secondary N) is 1. The summed E-state index contributed by atoms with van der Waals surface area (Å²) in [6.07, 6.45) is 1.98. The van der Waals surface area contributed by atoms with Gasteiger partial charge in [0.1, 0.15) is 22.9 Å². The summed E-state index contributed by atoms with van der Waals surface area (Å²) in [5, 5.41) is 3.28. The van der Waals surface area contributed by atoms with E-state index >= 15 is 4.39 Å². The Morgan fingerprint density at radius 2 is 1.80 bits per heavy atom. The lowest BCUT2D eigenvalue weighted by Gasteiger charge is -2.25. The summed E-state index contributed by atoms with van der Waals surface area (Å²) < 4.78 is 34.0. The molecule has 1 aliphatic carbocycles. The van der Waals surface area contributed by atoms with Gasteiger partial charge in [0.25, 0.3) is 0 Å². The number of methoxy groups -OCH3 is 1. The summed E-state index contributed by atoms with van der Waals surface area (Å²) in [5.41, 5.74) is 5.59. The molecule has 162 valence electrons. The first-order valence-electron chi connectivity index (χ1n) is 9.52. The molecular formula is C22H25ClF2N2O3. The molecule has 1 amide bonds. The first kappa shape index (κ1) is 23.8. The van der Waals surface area contributed by atoms with E-state index in [1.54, 1.807) is 12.1 Å². The van der Waals surface area contributed by atoms with Crippen LogP contribution in [0.3, 0.4) is 0 Å². The molecule has 1 saturated carbocycles. The summed E-state index contributed by atoms with van der Waals surface area (Å²) >= 11 is 0. The van der Waals surface area contributed by atoms with Gasteiger partial charge in [0, 0.05) is 29.6 Å². The Morgan fingerprint density at radius 1 is 1.17 bits per heavy atom. The lowest BCUT2D eigenvalue weighted by molar-refractivity contribution is -0.118. The Hall–Kier alpha value is -2.51. The third-order valence-corrected chi connectivity index (χ3v) is 5.09. The van der Waals surface area contributed by atoms with Gasteiger partial charge >= 0.3 is 0 Å². The Kier molecular flexibility index (Phi) is 7.92. The van der Waals surface area contributed by atoms with Crippen molar-refractivity contribution in [1.29, 1.82) is 0 Å². The lowest BCUT2D eigenvalue weighted by Crippen LogP contribution is -2.35. The van der Waals surface area contributed by atoms with Crippen LogP contribution in [0.15, 0.2) is 36.4 Å². The van der Waals surface area contributed by atoms with E-state index in [1.807, 2.05) is 6.92 Å². The molecule has 0 aromatic heterocycles. The maximum Gasteiger partial charge on any atom is 0.218 e. The maximum atomic E-state index is 15.6. The minimum absolute atomic E-state index is 0. The molecule has 0 heterocycles. The zero-order chi connectivity index (χ0) is 21.1. The predicted molar refractivity (Wildman–Crippen MR) is 112 cm³/mol. The van der Waals surface area contributed by atoms with Crippen LogP contribution in [0.25, 0.3) is 0 Å². The normalized spacial score (nSPS) is 15.1. The van der Waals surface area contributed by atoms with Gasteiger partial charge in [0.15, 0.2) is 5.78 Å². The zero-order valence-corrected chi connectivity index (χ0v) is 17.6. The highest BCUT2D eigenvalue weighted by atomic mass is 35.5. The van der Waals surface area contributed by atoms with Crippen LogP contribution in [0, 0.1) is 17.6 Å². The van der Waals surface area contributed by atoms with Gasteiger partial charge in [-0.15, -0.1) is 12.4 Å². The number of halogens is 3. The molecule has 0 saturated heterocycles. The molecule has 2 aromatic carbocycles. The van der Waals surface area contributed by atoms with E-state index in [2.05, 4.69) is 5.32 Å². The van der Waals surface area contributed by atoms with Crippen LogP contribution < -0.4 is 15.8 Å². The molecular weight excluding hydrogens is 414 g/mol. The van der Waals surface area contributed by atoms with E-state index in [0.29, 0.717) is 5.56 Å². The van der Waals surface area contributed by atoms with Crippen LogP contribution in [0.2, 0.25) is 0 Å². The van der Waals surface area contributed by atoms with Gasteiger partial charge in [0.2, 0.25) is 5.91 Å². The maximum absolute atomic E-state index is 15.6. The predicted octanol–water partition coefficient (Wildman–Crippen LogP) is 3.93. The fraction of sp³-hybridized carbons (Fsp3) is 0.364. The molecule has 1 fully saturated rings. The van der Waals surface area contributed by atoms with Crippen molar-refractivity contribution in [2.75, 3.05) is 7.11 Å². The average molecular weight is 439 g/mol. The zero-order valence-electron chi connectivity index (χ0n) is 16.8. The van der Waals surface area contributed by atoms with Gasteiger partial charge in [0.05, 0.1) is 7.11 Å². The SMILES string of the molecule is COc1ccc([C@H](N[C@H](C)CC(N)=O)C2CC2)c(F)c1C(=O)c1ccc(F)cc1.Cl. The highest BCUT2D eigenvalue weighted by Gasteiger charge is 2.36. The van der Waals surface area contributed by atoms with Gasteiger partial charge < -0.3 is 15.8 Å². The molecule has 30 heavy (non-hydrogen) atoms. The lowest BCUT2D eigenvalue weighted by atomic mass is 9.94. The summed E-state index contributed by atoms with van der Waals surface area (Å²) in [4.78, 5) is 24.2. The smallest absolute Gasteiger partial charge is 0.218 e. The Morgan fingerprint density at radius 3 is 2.33 bits per heavy atom. The van der Waals surface area contributed by atoms with Crippen molar-refractivity contribution in [3.63, 3.8) is 0 Å². The number of primary amides is 1. The van der Waals surface area contributed by atoms with Crippen LogP contribution in [-0.2, 0) is 4.79 Å². The van der Waals surface area contributed by atoms with Crippen molar-refractivity contribution < 1.29 is 23.1 Å². The van der Waals surface area contributed by atoms with Gasteiger partial charge in [-0.3, -0.25) is 9.59 Å². The Bertz CT molecular complexity index is 917. The van der Waals surface area contributed by atoms with Crippen LogP contribution in [-0.4, -0.2) is 24.8 Å². The van der Waals surface area contributed by atoms with E-state index < -0.39 is 23.3 Å².